The van der Waals surface area contributed by atoms with Crippen molar-refractivity contribution >= 4 is 40.9 Å². The number of rotatable bonds is 4. The number of carbonyl (C=O) groups is 2. The van der Waals surface area contributed by atoms with Gasteiger partial charge in [0.05, 0.1) is 5.25 Å². The van der Waals surface area contributed by atoms with Crippen molar-refractivity contribution in [2.45, 2.75) is 24.5 Å². The SMILES string of the molecule is O=C(O)CN(C(=O)C1CCCCS1)c1cccc(Cl)c1. The van der Waals surface area contributed by atoms with Crippen LogP contribution in [0.5, 0.6) is 0 Å². The summed E-state index contributed by atoms with van der Waals surface area (Å²) in [6.07, 6.45) is 2.94. The molecule has 0 spiro atoms. The molecule has 4 nitrogen and oxygen atoms in total. The van der Waals surface area contributed by atoms with Crippen molar-refractivity contribution < 1.29 is 14.7 Å². The van der Waals surface area contributed by atoms with E-state index in [0.29, 0.717) is 10.7 Å². The molecule has 0 aromatic heterocycles. The Labute approximate surface area is 127 Å². The number of hydrogen-bond acceptors (Lipinski definition) is 3. The van der Waals surface area contributed by atoms with Gasteiger partial charge in [-0.05, 0) is 36.8 Å². The molecule has 1 N–H and O–H groups in total. The number of benzene rings is 1. The van der Waals surface area contributed by atoms with Gasteiger partial charge in [0, 0.05) is 10.7 Å². The second-order valence-corrected chi connectivity index (χ2v) is 6.40. The monoisotopic (exact) mass is 313 g/mol. The molecule has 1 aromatic rings. The minimum atomic E-state index is -1.03. The van der Waals surface area contributed by atoms with E-state index in [9.17, 15) is 9.59 Å². The Bertz CT molecular complexity index is 503. The molecule has 1 heterocycles. The lowest BCUT2D eigenvalue weighted by molar-refractivity contribution is -0.136. The van der Waals surface area contributed by atoms with Crippen LogP contribution in [0, 0.1) is 0 Å². The molecular weight excluding hydrogens is 298 g/mol. The summed E-state index contributed by atoms with van der Waals surface area (Å²) in [5.74, 6) is -0.217. The molecule has 6 heteroatoms. The molecule has 2 rings (SSSR count). The highest BCUT2D eigenvalue weighted by Gasteiger charge is 2.28. The number of carboxylic acids is 1. The summed E-state index contributed by atoms with van der Waals surface area (Å²) < 4.78 is 0. The second kappa shape index (κ2) is 6.99. The fourth-order valence-electron chi connectivity index (χ4n) is 2.19. The summed E-state index contributed by atoms with van der Waals surface area (Å²) in [5.41, 5.74) is 0.538. The van der Waals surface area contributed by atoms with Crippen molar-refractivity contribution in [2.75, 3.05) is 17.2 Å². The predicted octanol–water partition coefficient (Wildman–Crippen LogP) is 3.04. The largest absolute Gasteiger partial charge is 0.480 e. The van der Waals surface area contributed by atoms with E-state index >= 15 is 0 Å². The summed E-state index contributed by atoms with van der Waals surface area (Å²) in [6, 6.07) is 6.74. The number of carbonyl (C=O) groups excluding carboxylic acids is 1. The molecular formula is C14H16ClNO3S. The van der Waals surface area contributed by atoms with Gasteiger partial charge in [-0.25, -0.2) is 0 Å². The average Bonchev–Trinajstić information content (AvgIpc) is 2.45. The van der Waals surface area contributed by atoms with E-state index in [1.807, 2.05) is 0 Å². The number of carboxylic acid groups (broad SMARTS) is 1. The molecule has 0 aliphatic carbocycles. The number of thioether (sulfide) groups is 1. The van der Waals surface area contributed by atoms with Gasteiger partial charge in [-0.1, -0.05) is 24.1 Å². The van der Waals surface area contributed by atoms with E-state index in [-0.39, 0.29) is 17.7 Å². The molecule has 1 aliphatic rings. The van der Waals surface area contributed by atoms with Crippen LogP contribution in [0.2, 0.25) is 5.02 Å². The van der Waals surface area contributed by atoms with Gasteiger partial charge in [0.25, 0.3) is 0 Å². The van der Waals surface area contributed by atoms with Crippen molar-refractivity contribution in [1.29, 1.82) is 0 Å². The highest BCUT2D eigenvalue weighted by molar-refractivity contribution is 8.00. The smallest absolute Gasteiger partial charge is 0.323 e. The fourth-order valence-corrected chi connectivity index (χ4v) is 3.63. The van der Waals surface area contributed by atoms with Crippen molar-refractivity contribution in [3.8, 4) is 0 Å². The Hall–Kier alpha value is -1.20. The molecule has 1 fully saturated rings. The third kappa shape index (κ3) is 3.90. The van der Waals surface area contributed by atoms with Gasteiger partial charge in [0.2, 0.25) is 5.91 Å². The Morgan fingerprint density at radius 1 is 1.40 bits per heavy atom. The van der Waals surface area contributed by atoms with Gasteiger partial charge in [-0.2, -0.15) is 0 Å². The van der Waals surface area contributed by atoms with Crippen LogP contribution >= 0.6 is 23.4 Å². The first kappa shape index (κ1) is 15.2. The molecule has 1 aliphatic heterocycles. The Morgan fingerprint density at radius 2 is 2.20 bits per heavy atom. The third-order valence-corrected chi connectivity index (χ3v) is 4.73. The third-order valence-electron chi connectivity index (χ3n) is 3.13. The van der Waals surface area contributed by atoms with Crippen molar-refractivity contribution in [2.24, 2.45) is 0 Å². The van der Waals surface area contributed by atoms with Crippen LogP contribution in [0.4, 0.5) is 5.69 Å². The van der Waals surface area contributed by atoms with Crippen LogP contribution in [0.1, 0.15) is 19.3 Å². The van der Waals surface area contributed by atoms with E-state index in [0.717, 1.165) is 25.0 Å². The van der Waals surface area contributed by atoms with Crippen LogP contribution in [0.15, 0.2) is 24.3 Å². The van der Waals surface area contributed by atoms with Gasteiger partial charge in [0.1, 0.15) is 6.54 Å². The van der Waals surface area contributed by atoms with Crippen LogP contribution < -0.4 is 4.90 Å². The number of aliphatic carboxylic acids is 1. The summed E-state index contributed by atoms with van der Waals surface area (Å²) >= 11 is 7.53. The molecule has 20 heavy (non-hydrogen) atoms. The number of hydrogen-bond donors (Lipinski definition) is 1. The van der Waals surface area contributed by atoms with Gasteiger partial charge >= 0.3 is 5.97 Å². The first-order valence-corrected chi connectivity index (χ1v) is 7.91. The zero-order chi connectivity index (χ0) is 14.5. The number of amides is 1. The minimum Gasteiger partial charge on any atom is -0.480 e. The maximum Gasteiger partial charge on any atom is 0.323 e. The molecule has 1 aromatic carbocycles. The number of anilines is 1. The molecule has 1 atom stereocenters. The van der Waals surface area contributed by atoms with Crippen molar-refractivity contribution in [1.82, 2.24) is 0 Å². The summed E-state index contributed by atoms with van der Waals surface area (Å²) in [4.78, 5) is 24.9. The molecule has 108 valence electrons. The standard InChI is InChI=1S/C14H16ClNO3S/c15-10-4-3-5-11(8-10)16(9-13(17)18)14(19)12-6-1-2-7-20-12/h3-5,8,12H,1-2,6-7,9H2,(H,17,18). The van der Waals surface area contributed by atoms with Crippen LogP contribution in [-0.4, -0.2) is 34.5 Å². The predicted molar refractivity (Wildman–Crippen MR) is 81.5 cm³/mol. The topological polar surface area (TPSA) is 57.6 Å². The van der Waals surface area contributed by atoms with Crippen LogP contribution in [0.25, 0.3) is 0 Å². The zero-order valence-corrected chi connectivity index (χ0v) is 12.5. The second-order valence-electron chi connectivity index (χ2n) is 4.65. The van der Waals surface area contributed by atoms with Crippen LogP contribution in [0.3, 0.4) is 0 Å². The molecule has 0 radical (unpaired) electrons. The van der Waals surface area contributed by atoms with E-state index in [1.54, 1.807) is 36.0 Å². The minimum absolute atomic E-state index is 0.139. The highest BCUT2D eigenvalue weighted by Crippen LogP contribution is 2.29. The Kier molecular flexibility index (Phi) is 5.31. The number of halogens is 1. The zero-order valence-electron chi connectivity index (χ0n) is 10.9. The van der Waals surface area contributed by atoms with Crippen LogP contribution in [-0.2, 0) is 9.59 Å². The molecule has 1 saturated heterocycles. The summed E-state index contributed by atoms with van der Waals surface area (Å²) in [7, 11) is 0. The molecule has 1 amide bonds. The molecule has 0 saturated carbocycles. The highest BCUT2D eigenvalue weighted by atomic mass is 35.5. The van der Waals surface area contributed by atoms with E-state index in [1.165, 1.54) is 4.90 Å². The van der Waals surface area contributed by atoms with Gasteiger partial charge < -0.3 is 10.0 Å². The lowest BCUT2D eigenvalue weighted by atomic mass is 10.1. The van der Waals surface area contributed by atoms with E-state index in [4.69, 9.17) is 16.7 Å². The summed E-state index contributed by atoms with van der Waals surface area (Å²) in [6.45, 7) is -0.337. The molecule has 1 unspecified atom stereocenters. The lowest BCUT2D eigenvalue weighted by Gasteiger charge is -2.28. The van der Waals surface area contributed by atoms with E-state index < -0.39 is 5.97 Å². The van der Waals surface area contributed by atoms with Gasteiger partial charge in [-0.15, -0.1) is 11.8 Å². The maximum atomic E-state index is 12.5. The normalized spacial score (nSPS) is 18.6. The number of nitrogens with zero attached hydrogens (tertiary/aromatic N) is 1. The van der Waals surface area contributed by atoms with Gasteiger partial charge in [-0.3, -0.25) is 9.59 Å². The lowest BCUT2D eigenvalue weighted by Crippen LogP contribution is -2.42. The maximum absolute atomic E-state index is 12.5. The first-order chi connectivity index (χ1) is 9.58. The van der Waals surface area contributed by atoms with Crippen molar-refractivity contribution in [3.05, 3.63) is 29.3 Å². The fraction of sp³-hybridized carbons (Fsp3) is 0.429. The summed E-state index contributed by atoms with van der Waals surface area (Å²) in [5, 5.41) is 9.37. The Morgan fingerprint density at radius 3 is 2.80 bits per heavy atom. The Balaban J connectivity index is 2.22. The average molecular weight is 314 g/mol. The van der Waals surface area contributed by atoms with Gasteiger partial charge in [0.15, 0.2) is 0 Å². The molecule has 0 bridgehead atoms. The quantitative estimate of drug-likeness (QED) is 0.928. The van der Waals surface area contributed by atoms with Crippen molar-refractivity contribution in [3.63, 3.8) is 0 Å². The van der Waals surface area contributed by atoms with E-state index in [2.05, 4.69) is 0 Å². The first-order valence-electron chi connectivity index (χ1n) is 6.48.